The number of guanidine groups is 1. The molecule has 3 N–H and O–H groups in total. The molecule has 98 valence electrons. The van der Waals surface area contributed by atoms with Crippen LogP contribution in [0.4, 0.5) is 0 Å². The molecule has 0 bridgehead atoms. The minimum Gasteiger partial charge on any atom is -0.370 e. The van der Waals surface area contributed by atoms with Gasteiger partial charge in [0.25, 0.3) is 0 Å². The van der Waals surface area contributed by atoms with Gasteiger partial charge in [0.15, 0.2) is 5.96 Å². The summed E-state index contributed by atoms with van der Waals surface area (Å²) in [5, 5.41) is 2.86. The van der Waals surface area contributed by atoms with E-state index >= 15 is 0 Å². The van der Waals surface area contributed by atoms with Crippen LogP contribution in [0.25, 0.3) is 0 Å². The van der Waals surface area contributed by atoms with Crippen molar-refractivity contribution in [3.8, 4) is 0 Å². The standard InChI is InChI=1S/C11H20N4O.HI/c1-15(9-4-5-9)11(12)14-7-10(16)13-6-8-2-3-8;/h8-9H,2-7H2,1H3,(H2,12,14)(H,13,16);1H. The summed E-state index contributed by atoms with van der Waals surface area (Å²) in [5.41, 5.74) is 5.77. The summed E-state index contributed by atoms with van der Waals surface area (Å²) in [4.78, 5) is 17.4. The van der Waals surface area contributed by atoms with E-state index < -0.39 is 0 Å². The highest BCUT2D eigenvalue weighted by Gasteiger charge is 2.27. The molecule has 2 aliphatic carbocycles. The van der Waals surface area contributed by atoms with Gasteiger partial charge in [-0.05, 0) is 31.6 Å². The lowest BCUT2D eigenvalue weighted by Gasteiger charge is -2.16. The number of nitrogens with one attached hydrogen (secondary N) is 1. The van der Waals surface area contributed by atoms with Gasteiger partial charge in [0.2, 0.25) is 5.91 Å². The molecule has 0 aromatic rings. The fourth-order valence-electron chi connectivity index (χ4n) is 1.55. The van der Waals surface area contributed by atoms with Crippen molar-refractivity contribution in [1.29, 1.82) is 0 Å². The minimum absolute atomic E-state index is 0. The highest BCUT2D eigenvalue weighted by Crippen LogP contribution is 2.27. The Morgan fingerprint density at radius 2 is 2.06 bits per heavy atom. The molecule has 17 heavy (non-hydrogen) atoms. The van der Waals surface area contributed by atoms with Crippen LogP contribution in [0.5, 0.6) is 0 Å². The normalized spacial score (nSPS) is 19.5. The van der Waals surface area contributed by atoms with E-state index in [4.69, 9.17) is 5.73 Å². The van der Waals surface area contributed by atoms with Crippen molar-refractivity contribution < 1.29 is 4.79 Å². The van der Waals surface area contributed by atoms with Crippen molar-refractivity contribution in [1.82, 2.24) is 10.2 Å². The number of hydrogen-bond donors (Lipinski definition) is 2. The number of aliphatic imine (C=N–C) groups is 1. The van der Waals surface area contributed by atoms with Crippen LogP contribution in [0.2, 0.25) is 0 Å². The van der Waals surface area contributed by atoms with Crippen molar-refractivity contribution in [2.45, 2.75) is 31.7 Å². The molecule has 0 aromatic heterocycles. The zero-order valence-electron chi connectivity index (χ0n) is 10.2. The lowest BCUT2D eigenvalue weighted by molar-refractivity contribution is -0.119. The lowest BCUT2D eigenvalue weighted by atomic mass is 10.4. The molecular formula is C11H21IN4O. The quantitative estimate of drug-likeness (QED) is 0.431. The first-order chi connectivity index (χ1) is 7.66. The highest BCUT2D eigenvalue weighted by atomic mass is 127. The third kappa shape index (κ3) is 5.10. The number of carbonyl (C=O) groups is 1. The Morgan fingerprint density at radius 3 is 2.59 bits per heavy atom. The smallest absolute Gasteiger partial charge is 0.241 e. The molecule has 2 rings (SSSR count). The molecule has 5 nitrogen and oxygen atoms in total. The second-order valence-corrected chi connectivity index (χ2v) is 4.76. The average Bonchev–Trinajstić information content (AvgIpc) is 3.15. The highest BCUT2D eigenvalue weighted by molar-refractivity contribution is 14.0. The molecule has 2 saturated carbocycles. The Labute approximate surface area is 119 Å². The van der Waals surface area contributed by atoms with Crippen molar-refractivity contribution >= 4 is 35.8 Å². The fourth-order valence-corrected chi connectivity index (χ4v) is 1.55. The summed E-state index contributed by atoms with van der Waals surface area (Å²) < 4.78 is 0. The van der Waals surface area contributed by atoms with E-state index in [0.717, 1.165) is 6.54 Å². The number of carbonyl (C=O) groups excluding carboxylic acids is 1. The molecule has 0 heterocycles. The summed E-state index contributed by atoms with van der Waals surface area (Å²) in [5.74, 6) is 1.16. The van der Waals surface area contributed by atoms with Gasteiger partial charge in [-0.2, -0.15) is 0 Å². The van der Waals surface area contributed by atoms with E-state index in [-0.39, 0.29) is 36.4 Å². The van der Waals surface area contributed by atoms with Crippen LogP contribution in [0.15, 0.2) is 4.99 Å². The van der Waals surface area contributed by atoms with Crippen LogP contribution in [-0.2, 0) is 4.79 Å². The van der Waals surface area contributed by atoms with E-state index in [1.165, 1.54) is 25.7 Å². The van der Waals surface area contributed by atoms with E-state index in [0.29, 0.717) is 17.9 Å². The SMILES string of the molecule is CN(C(N)=NCC(=O)NCC1CC1)C1CC1.I. The van der Waals surface area contributed by atoms with Crippen LogP contribution >= 0.6 is 24.0 Å². The third-order valence-corrected chi connectivity index (χ3v) is 3.13. The molecule has 0 spiro atoms. The molecule has 0 radical (unpaired) electrons. The number of rotatable bonds is 5. The first-order valence-corrected chi connectivity index (χ1v) is 5.96. The molecule has 2 fully saturated rings. The Bertz CT molecular complexity index is 300. The maximum Gasteiger partial charge on any atom is 0.241 e. The summed E-state index contributed by atoms with van der Waals surface area (Å²) in [6.07, 6.45) is 4.85. The second-order valence-electron chi connectivity index (χ2n) is 4.76. The van der Waals surface area contributed by atoms with Crippen molar-refractivity contribution in [3.05, 3.63) is 0 Å². The van der Waals surface area contributed by atoms with Gasteiger partial charge < -0.3 is 16.0 Å². The molecule has 0 saturated heterocycles. The molecule has 6 heteroatoms. The van der Waals surface area contributed by atoms with Gasteiger partial charge in [-0.1, -0.05) is 0 Å². The predicted molar refractivity (Wildman–Crippen MR) is 78.4 cm³/mol. The van der Waals surface area contributed by atoms with E-state index in [2.05, 4.69) is 10.3 Å². The zero-order chi connectivity index (χ0) is 11.5. The largest absolute Gasteiger partial charge is 0.370 e. The topological polar surface area (TPSA) is 70.7 Å². The van der Waals surface area contributed by atoms with E-state index in [1.807, 2.05) is 11.9 Å². The van der Waals surface area contributed by atoms with Crippen molar-refractivity contribution in [2.75, 3.05) is 20.1 Å². The van der Waals surface area contributed by atoms with Gasteiger partial charge in [0, 0.05) is 19.6 Å². The molecular weight excluding hydrogens is 331 g/mol. The van der Waals surface area contributed by atoms with Crippen LogP contribution in [0, 0.1) is 5.92 Å². The number of nitrogens with two attached hydrogens (primary N) is 1. The molecule has 0 atom stereocenters. The zero-order valence-corrected chi connectivity index (χ0v) is 12.5. The van der Waals surface area contributed by atoms with Crippen LogP contribution in [0.1, 0.15) is 25.7 Å². The number of nitrogens with zero attached hydrogens (tertiary/aromatic N) is 2. The van der Waals surface area contributed by atoms with E-state index in [9.17, 15) is 4.79 Å². The molecule has 2 aliphatic rings. The van der Waals surface area contributed by atoms with Gasteiger partial charge in [0.1, 0.15) is 6.54 Å². The Hall–Kier alpha value is -0.530. The van der Waals surface area contributed by atoms with Gasteiger partial charge in [-0.3, -0.25) is 4.79 Å². The average molecular weight is 352 g/mol. The third-order valence-electron chi connectivity index (χ3n) is 3.13. The maximum absolute atomic E-state index is 11.4. The van der Waals surface area contributed by atoms with Crippen LogP contribution in [0.3, 0.4) is 0 Å². The second kappa shape index (κ2) is 6.42. The van der Waals surface area contributed by atoms with Gasteiger partial charge in [-0.25, -0.2) is 4.99 Å². The summed E-state index contributed by atoms with van der Waals surface area (Å²) in [7, 11) is 1.93. The van der Waals surface area contributed by atoms with Crippen LogP contribution in [-0.4, -0.2) is 42.9 Å². The first kappa shape index (κ1) is 14.5. The Kier molecular flexibility index (Phi) is 5.48. The minimum atomic E-state index is -0.0287. The van der Waals surface area contributed by atoms with Gasteiger partial charge in [-0.15, -0.1) is 24.0 Å². The number of amides is 1. The van der Waals surface area contributed by atoms with Crippen LogP contribution < -0.4 is 11.1 Å². The first-order valence-electron chi connectivity index (χ1n) is 5.96. The lowest BCUT2D eigenvalue weighted by Crippen LogP contribution is -2.37. The Balaban J connectivity index is 0.00000144. The van der Waals surface area contributed by atoms with Crippen molar-refractivity contribution in [2.24, 2.45) is 16.6 Å². The van der Waals surface area contributed by atoms with Gasteiger partial charge >= 0.3 is 0 Å². The number of halogens is 1. The molecule has 0 aromatic carbocycles. The van der Waals surface area contributed by atoms with E-state index in [1.54, 1.807) is 0 Å². The fraction of sp³-hybridized carbons (Fsp3) is 0.818. The molecule has 1 amide bonds. The molecule has 0 aliphatic heterocycles. The monoisotopic (exact) mass is 352 g/mol. The number of hydrogen-bond acceptors (Lipinski definition) is 2. The summed E-state index contributed by atoms with van der Waals surface area (Å²) >= 11 is 0. The molecule has 0 unspecified atom stereocenters. The van der Waals surface area contributed by atoms with Crippen molar-refractivity contribution in [3.63, 3.8) is 0 Å². The Morgan fingerprint density at radius 1 is 1.41 bits per heavy atom. The maximum atomic E-state index is 11.4. The summed E-state index contributed by atoms with van der Waals surface area (Å²) in [6.45, 7) is 0.947. The van der Waals surface area contributed by atoms with Gasteiger partial charge in [0.05, 0.1) is 0 Å². The predicted octanol–water partition coefficient (Wildman–Crippen LogP) is 0.539. The summed E-state index contributed by atoms with van der Waals surface area (Å²) in [6, 6.07) is 0.540.